The lowest BCUT2D eigenvalue weighted by Crippen LogP contribution is -2.32. The second-order valence-electron chi connectivity index (χ2n) is 12.0. The van der Waals surface area contributed by atoms with Gasteiger partial charge >= 0.3 is 0 Å². The highest BCUT2D eigenvalue weighted by atomic mass is 31.1. The maximum absolute atomic E-state index is 6.80. The van der Waals surface area contributed by atoms with Gasteiger partial charge < -0.3 is 14.4 Å². The Hall–Kier alpha value is -4.42. The fourth-order valence-corrected chi connectivity index (χ4v) is 11.8. The summed E-state index contributed by atoms with van der Waals surface area (Å²) in [6.07, 6.45) is 2.03. The van der Waals surface area contributed by atoms with E-state index in [1.807, 2.05) is 0 Å². The quantitative estimate of drug-likeness (QED) is 0.174. The molecule has 0 saturated heterocycles. The van der Waals surface area contributed by atoms with Crippen LogP contribution in [0.5, 0.6) is 11.5 Å². The molecule has 0 fully saturated rings. The first-order valence-corrected chi connectivity index (χ1v) is 19.1. The Morgan fingerprint density at radius 1 is 0.489 bits per heavy atom. The third-order valence-electron chi connectivity index (χ3n) is 9.04. The van der Waals surface area contributed by atoms with Crippen LogP contribution in [0.2, 0.25) is 0 Å². The fourth-order valence-electron chi connectivity index (χ4n) is 6.85. The molecule has 2 aliphatic rings. The summed E-state index contributed by atoms with van der Waals surface area (Å²) in [5, 5.41) is 7.89. The minimum Gasteiger partial charge on any atom is -0.493 e. The predicted molar refractivity (Wildman–Crippen MR) is 202 cm³/mol. The molecule has 8 rings (SSSR count). The van der Waals surface area contributed by atoms with E-state index >= 15 is 0 Å². The number of rotatable bonds is 7. The third kappa shape index (κ3) is 5.73. The topological polar surface area (TPSA) is 21.7 Å². The van der Waals surface area contributed by atoms with Crippen LogP contribution in [0.3, 0.4) is 0 Å². The first kappa shape index (κ1) is 29.9. The Kier molecular flexibility index (Phi) is 8.52. The summed E-state index contributed by atoms with van der Waals surface area (Å²) in [6, 6.07) is 53.5. The molecule has 0 saturated carbocycles. The molecular weight excluding hydrogens is 612 g/mol. The highest BCUT2D eigenvalue weighted by molar-refractivity contribution is 7.80. The minimum absolute atomic E-state index is 0.645. The number of fused-ring (bicyclic) bond motifs is 2. The van der Waals surface area contributed by atoms with Crippen molar-refractivity contribution in [2.45, 2.75) is 12.8 Å². The van der Waals surface area contributed by atoms with E-state index in [0.29, 0.717) is 6.61 Å². The van der Waals surface area contributed by atoms with E-state index in [1.165, 1.54) is 48.5 Å². The second kappa shape index (κ2) is 13.4. The lowest BCUT2D eigenvalue weighted by molar-refractivity contribution is 0.289. The molecule has 0 atom stereocenters. The maximum Gasteiger partial charge on any atom is 0.151 e. The Bertz CT molecular complexity index is 1910. The number of ether oxygens (including phenoxy) is 2. The zero-order chi connectivity index (χ0) is 31.6. The van der Waals surface area contributed by atoms with E-state index in [-0.39, 0.29) is 0 Å². The van der Waals surface area contributed by atoms with Crippen molar-refractivity contribution in [1.29, 1.82) is 0 Å². The van der Waals surface area contributed by atoms with Crippen molar-refractivity contribution >= 4 is 53.4 Å². The summed E-state index contributed by atoms with van der Waals surface area (Å²) in [4.78, 5) is 2.34. The number of nitrogens with zero attached hydrogens (tertiary/aromatic N) is 1. The van der Waals surface area contributed by atoms with Crippen molar-refractivity contribution in [3.05, 3.63) is 151 Å². The lowest BCUT2D eigenvalue weighted by atomic mass is 9.95. The standard InChI is InChI=1S/C42H37NO2P2/c1-43-28-30-45-42-36(43)25-27-38(47(34-20-10-4-11-21-34)35-22-12-5-13-23-35)40(42)39-37(26-24-31-15-14-29-44-41(31)39)46(32-16-6-2-7-17-32)33-18-8-3-9-19-33/h2-13,16-27H,14-15,28-30H2,1H3. The van der Waals surface area contributed by atoms with E-state index in [2.05, 4.69) is 158 Å². The summed E-state index contributed by atoms with van der Waals surface area (Å²) in [7, 11) is 0.349. The van der Waals surface area contributed by atoms with Crippen molar-refractivity contribution < 1.29 is 9.47 Å². The third-order valence-corrected chi connectivity index (χ3v) is 14.0. The van der Waals surface area contributed by atoms with Crippen molar-refractivity contribution in [2.75, 3.05) is 31.7 Å². The van der Waals surface area contributed by atoms with Gasteiger partial charge in [0.25, 0.3) is 0 Å². The Morgan fingerprint density at radius 3 is 1.45 bits per heavy atom. The Labute approximate surface area is 280 Å². The van der Waals surface area contributed by atoms with E-state index in [1.54, 1.807) is 0 Å². The number of hydrogen-bond donors (Lipinski definition) is 0. The molecule has 0 N–H and O–H groups in total. The van der Waals surface area contributed by atoms with E-state index < -0.39 is 15.8 Å². The first-order valence-electron chi connectivity index (χ1n) is 16.4. The Balaban J connectivity index is 1.49. The molecule has 47 heavy (non-hydrogen) atoms. The SMILES string of the molecule is CN1CCOc2c1ccc(P(c1ccccc1)c1ccccc1)c2-c1c(P(c2ccccc2)c2ccccc2)ccc2c1OCCC2. The minimum atomic E-state index is -0.920. The van der Waals surface area contributed by atoms with Gasteiger partial charge in [-0.25, -0.2) is 0 Å². The predicted octanol–water partition coefficient (Wildman–Crippen LogP) is 7.02. The number of likely N-dealkylation sites (N-methyl/N-ethyl adjacent to an activating group) is 1. The second-order valence-corrected chi connectivity index (χ2v) is 16.4. The molecule has 2 heterocycles. The first-order chi connectivity index (χ1) is 23.3. The Morgan fingerprint density at radius 2 is 0.936 bits per heavy atom. The van der Waals surface area contributed by atoms with E-state index in [0.717, 1.165) is 43.2 Å². The van der Waals surface area contributed by atoms with Crippen molar-refractivity contribution in [2.24, 2.45) is 0 Å². The molecule has 0 spiro atoms. The molecule has 0 amide bonds. The van der Waals surface area contributed by atoms with Crippen LogP contribution >= 0.6 is 15.8 Å². The van der Waals surface area contributed by atoms with Crippen molar-refractivity contribution in [3.8, 4) is 22.6 Å². The molecule has 2 aliphatic heterocycles. The molecule has 0 aromatic heterocycles. The van der Waals surface area contributed by atoms with Crippen LogP contribution in [-0.2, 0) is 6.42 Å². The average molecular weight is 650 g/mol. The van der Waals surface area contributed by atoms with Gasteiger partial charge in [0, 0.05) is 18.2 Å². The van der Waals surface area contributed by atoms with E-state index in [9.17, 15) is 0 Å². The zero-order valence-electron chi connectivity index (χ0n) is 26.6. The molecule has 6 aromatic carbocycles. The van der Waals surface area contributed by atoms with Gasteiger partial charge in [-0.2, -0.15) is 0 Å². The number of benzene rings is 6. The summed E-state index contributed by atoms with van der Waals surface area (Å²) < 4.78 is 13.6. The molecule has 0 unspecified atom stereocenters. The normalized spacial score (nSPS) is 13.9. The van der Waals surface area contributed by atoms with Crippen LogP contribution in [0.4, 0.5) is 5.69 Å². The largest absolute Gasteiger partial charge is 0.493 e. The molecule has 3 nitrogen and oxygen atoms in total. The van der Waals surface area contributed by atoms with E-state index in [4.69, 9.17) is 9.47 Å². The number of aryl methyl sites for hydroxylation is 1. The highest BCUT2D eigenvalue weighted by Gasteiger charge is 2.34. The molecule has 232 valence electrons. The van der Waals surface area contributed by atoms with Gasteiger partial charge in [0.2, 0.25) is 0 Å². The van der Waals surface area contributed by atoms with Gasteiger partial charge in [-0.3, -0.25) is 0 Å². The fraction of sp³-hybridized carbons (Fsp3) is 0.143. The van der Waals surface area contributed by atoms with Crippen LogP contribution < -0.4 is 46.2 Å². The van der Waals surface area contributed by atoms with Gasteiger partial charge in [-0.05, 0) is 72.1 Å². The van der Waals surface area contributed by atoms with Crippen LogP contribution in [0.1, 0.15) is 12.0 Å². The molecule has 0 bridgehead atoms. The highest BCUT2D eigenvalue weighted by Crippen LogP contribution is 2.51. The van der Waals surface area contributed by atoms with Gasteiger partial charge in [-0.15, -0.1) is 0 Å². The van der Waals surface area contributed by atoms with Crippen LogP contribution in [0.25, 0.3) is 11.1 Å². The molecule has 6 aromatic rings. The number of anilines is 1. The summed E-state index contributed by atoms with van der Waals surface area (Å²) in [5.74, 6) is 1.99. The smallest absolute Gasteiger partial charge is 0.151 e. The van der Waals surface area contributed by atoms with Crippen molar-refractivity contribution in [3.63, 3.8) is 0 Å². The summed E-state index contributed by atoms with van der Waals surface area (Å²) in [5.41, 5.74) is 4.79. The van der Waals surface area contributed by atoms with Crippen LogP contribution in [-0.4, -0.2) is 26.8 Å². The number of hydrogen-bond acceptors (Lipinski definition) is 3. The van der Waals surface area contributed by atoms with Gasteiger partial charge in [-0.1, -0.05) is 140 Å². The van der Waals surface area contributed by atoms with Gasteiger partial charge in [0.05, 0.1) is 18.8 Å². The monoisotopic (exact) mass is 649 g/mol. The molecule has 5 heteroatoms. The van der Waals surface area contributed by atoms with Crippen LogP contribution in [0.15, 0.2) is 146 Å². The maximum atomic E-state index is 6.80. The van der Waals surface area contributed by atoms with Gasteiger partial charge in [0.1, 0.15) is 12.4 Å². The molecular formula is C42H37NO2P2. The summed E-state index contributed by atoms with van der Waals surface area (Å²) >= 11 is 0. The molecule has 0 radical (unpaired) electrons. The van der Waals surface area contributed by atoms with Gasteiger partial charge in [0.15, 0.2) is 5.75 Å². The zero-order valence-corrected chi connectivity index (χ0v) is 28.3. The average Bonchev–Trinajstić information content (AvgIpc) is 3.14. The molecule has 0 aliphatic carbocycles. The summed E-state index contributed by atoms with van der Waals surface area (Å²) in [6.45, 7) is 2.22. The lowest BCUT2D eigenvalue weighted by Gasteiger charge is -2.35. The van der Waals surface area contributed by atoms with Crippen molar-refractivity contribution in [1.82, 2.24) is 0 Å². The van der Waals surface area contributed by atoms with Crippen LogP contribution in [0, 0.1) is 0 Å².